The second-order valence-corrected chi connectivity index (χ2v) is 7.26. The zero-order valence-electron chi connectivity index (χ0n) is 11.9. The Morgan fingerprint density at radius 1 is 1.32 bits per heavy atom. The maximum Gasteiger partial charge on any atom is 0.303 e. The molecule has 1 atom stereocenters. The lowest BCUT2D eigenvalue weighted by atomic mass is 9.84. The fraction of sp³-hybridized carbons (Fsp3) is 0.857. The first-order chi connectivity index (χ1) is 8.91. The maximum atomic E-state index is 11.9. The van der Waals surface area contributed by atoms with E-state index in [0.29, 0.717) is 13.0 Å². The van der Waals surface area contributed by atoms with Crippen LogP contribution in [0, 0.1) is 5.41 Å². The summed E-state index contributed by atoms with van der Waals surface area (Å²) in [5.41, 5.74) is -0.0363. The number of nitrogens with one attached hydrogen (secondary N) is 1. The van der Waals surface area contributed by atoms with E-state index in [0.717, 1.165) is 25.0 Å². The van der Waals surface area contributed by atoms with Crippen molar-refractivity contribution in [3.63, 3.8) is 0 Å². The van der Waals surface area contributed by atoms with Crippen LogP contribution in [0.1, 0.15) is 52.4 Å². The minimum absolute atomic E-state index is 0.0363. The molecule has 110 valence electrons. The fourth-order valence-electron chi connectivity index (χ4n) is 2.16. The molecule has 0 aromatic heterocycles. The molecular formula is C14H25NO3S. The number of aliphatic carboxylic acids is 1. The van der Waals surface area contributed by atoms with Crippen molar-refractivity contribution < 1.29 is 14.7 Å². The van der Waals surface area contributed by atoms with Gasteiger partial charge in [0, 0.05) is 13.0 Å². The molecule has 1 unspecified atom stereocenters. The second-order valence-electron chi connectivity index (χ2n) is 5.95. The predicted molar refractivity (Wildman–Crippen MR) is 78.4 cm³/mol. The number of carbonyl (C=O) groups excluding carboxylic acids is 1. The standard InChI is InChI=1S/C14H25NO3S/c1-14(2,7-6-12(16)17)8-9-15-13(18)11-5-3-4-10-19-11/h11H,3-10H2,1-2H3,(H,15,18)(H,16,17). The SMILES string of the molecule is CC(C)(CCNC(=O)C1CCCCS1)CCC(=O)O. The molecule has 0 aromatic rings. The van der Waals surface area contributed by atoms with Gasteiger partial charge in [-0.2, -0.15) is 0 Å². The third-order valence-corrected chi connectivity index (χ3v) is 4.97. The molecule has 1 fully saturated rings. The van der Waals surface area contributed by atoms with E-state index in [1.807, 2.05) is 0 Å². The van der Waals surface area contributed by atoms with Gasteiger partial charge in [-0.3, -0.25) is 9.59 Å². The molecular weight excluding hydrogens is 262 g/mol. The molecule has 1 aliphatic rings. The van der Waals surface area contributed by atoms with E-state index < -0.39 is 5.97 Å². The van der Waals surface area contributed by atoms with Crippen LogP contribution in [0.3, 0.4) is 0 Å². The van der Waals surface area contributed by atoms with Gasteiger partial charge in [0.2, 0.25) is 5.91 Å². The molecule has 2 N–H and O–H groups in total. The van der Waals surface area contributed by atoms with Gasteiger partial charge in [-0.1, -0.05) is 20.3 Å². The number of amides is 1. The first-order valence-corrected chi connectivity index (χ1v) is 8.07. The van der Waals surface area contributed by atoms with Crippen molar-refractivity contribution in [3.05, 3.63) is 0 Å². The number of hydrogen-bond donors (Lipinski definition) is 2. The number of thioether (sulfide) groups is 1. The second kappa shape index (κ2) is 7.78. The van der Waals surface area contributed by atoms with Gasteiger partial charge in [0.05, 0.1) is 5.25 Å². The average molecular weight is 287 g/mol. The Labute approximate surface area is 119 Å². The Balaban J connectivity index is 2.20. The highest BCUT2D eigenvalue weighted by atomic mass is 32.2. The van der Waals surface area contributed by atoms with Crippen LogP contribution >= 0.6 is 11.8 Å². The van der Waals surface area contributed by atoms with Gasteiger partial charge < -0.3 is 10.4 Å². The molecule has 0 bridgehead atoms. The number of rotatable bonds is 7. The molecule has 1 aliphatic heterocycles. The van der Waals surface area contributed by atoms with Crippen molar-refractivity contribution in [1.82, 2.24) is 5.32 Å². The van der Waals surface area contributed by atoms with E-state index in [1.165, 1.54) is 6.42 Å². The summed E-state index contributed by atoms with van der Waals surface area (Å²) >= 11 is 1.75. The number of carbonyl (C=O) groups is 2. The minimum atomic E-state index is -0.754. The van der Waals surface area contributed by atoms with E-state index in [1.54, 1.807) is 11.8 Å². The third kappa shape index (κ3) is 6.85. The highest BCUT2D eigenvalue weighted by Crippen LogP contribution is 2.27. The molecule has 1 heterocycles. The Morgan fingerprint density at radius 3 is 2.63 bits per heavy atom. The molecule has 19 heavy (non-hydrogen) atoms. The summed E-state index contributed by atoms with van der Waals surface area (Å²) in [5.74, 6) is 0.483. The summed E-state index contributed by atoms with van der Waals surface area (Å²) in [6.07, 6.45) is 5.02. The normalized spacial score (nSPS) is 20.0. The highest BCUT2D eigenvalue weighted by Gasteiger charge is 2.23. The molecule has 0 radical (unpaired) electrons. The molecule has 0 aromatic carbocycles. The van der Waals surface area contributed by atoms with Crippen LogP contribution < -0.4 is 5.32 Å². The van der Waals surface area contributed by atoms with Crippen LogP contribution in [0.4, 0.5) is 0 Å². The van der Waals surface area contributed by atoms with E-state index >= 15 is 0 Å². The van der Waals surface area contributed by atoms with Crippen molar-refractivity contribution in [1.29, 1.82) is 0 Å². The van der Waals surface area contributed by atoms with Crippen LogP contribution in [0.15, 0.2) is 0 Å². The molecule has 1 rings (SSSR count). The lowest BCUT2D eigenvalue weighted by molar-refractivity contribution is -0.137. The van der Waals surface area contributed by atoms with Crippen molar-refractivity contribution >= 4 is 23.6 Å². The zero-order valence-corrected chi connectivity index (χ0v) is 12.7. The summed E-state index contributed by atoms with van der Waals surface area (Å²) < 4.78 is 0. The smallest absolute Gasteiger partial charge is 0.303 e. The van der Waals surface area contributed by atoms with Gasteiger partial charge in [-0.05, 0) is 36.9 Å². The summed E-state index contributed by atoms with van der Waals surface area (Å²) in [6.45, 7) is 4.75. The number of carboxylic acids is 1. The Kier molecular flexibility index (Phi) is 6.69. The minimum Gasteiger partial charge on any atom is -0.481 e. The van der Waals surface area contributed by atoms with E-state index in [9.17, 15) is 9.59 Å². The first-order valence-electron chi connectivity index (χ1n) is 7.02. The van der Waals surface area contributed by atoms with Gasteiger partial charge in [-0.25, -0.2) is 0 Å². The Hall–Kier alpha value is -0.710. The fourth-order valence-corrected chi connectivity index (χ4v) is 3.38. The lowest BCUT2D eigenvalue weighted by Crippen LogP contribution is -2.36. The van der Waals surface area contributed by atoms with Gasteiger partial charge in [0.1, 0.15) is 0 Å². The summed E-state index contributed by atoms with van der Waals surface area (Å²) in [7, 11) is 0. The lowest BCUT2D eigenvalue weighted by Gasteiger charge is -2.25. The van der Waals surface area contributed by atoms with Crippen LogP contribution in [-0.4, -0.2) is 34.5 Å². The van der Waals surface area contributed by atoms with Crippen LogP contribution in [-0.2, 0) is 9.59 Å². The van der Waals surface area contributed by atoms with Gasteiger partial charge in [0.15, 0.2) is 0 Å². The van der Waals surface area contributed by atoms with Gasteiger partial charge in [0.25, 0.3) is 0 Å². The van der Waals surface area contributed by atoms with Crippen molar-refractivity contribution in [2.45, 2.75) is 57.6 Å². The van der Waals surface area contributed by atoms with Crippen LogP contribution in [0.5, 0.6) is 0 Å². The Morgan fingerprint density at radius 2 is 2.05 bits per heavy atom. The topological polar surface area (TPSA) is 66.4 Å². The highest BCUT2D eigenvalue weighted by molar-refractivity contribution is 8.00. The molecule has 1 saturated heterocycles. The summed E-state index contributed by atoms with van der Waals surface area (Å²) in [4.78, 5) is 22.5. The molecule has 1 amide bonds. The van der Waals surface area contributed by atoms with Gasteiger partial charge in [-0.15, -0.1) is 11.8 Å². The number of carboxylic acid groups (broad SMARTS) is 1. The van der Waals surface area contributed by atoms with Crippen LogP contribution in [0.25, 0.3) is 0 Å². The first kappa shape index (κ1) is 16.3. The van der Waals surface area contributed by atoms with E-state index in [4.69, 9.17) is 5.11 Å². The van der Waals surface area contributed by atoms with Crippen molar-refractivity contribution in [3.8, 4) is 0 Å². The quantitative estimate of drug-likeness (QED) is 0.755. The molecule has 5 heteroatoms. The van der Waals surface area contributed by atoms with Crippen LogP contribution in [0.2, 0.25) is 0 Å². The monoisotopic (exact) mass is 287 g/mol. The largest absolute Gasteiger partial charge is 0.481 e. The molecule has 0 spiro atoms. The third-order valence-electron chi connectivity index (χ3n) is 3.59. The maximum absolute atomic E-state index is 11.9. The summed E-state index contributed by atoms with van der Waals surface area (Å²) in [6, 6.07) is 0. The van der Waals surface area contributed by atoms with Crippen molar-refractivity contribution in [2.24, 2.45) is 5.41 Å². The molecule has 0 saturated carbocycles. The van der Waals surface area contributed by atoms with Crippen molar-refractivity contribution in [2.75, 3.05) is 12.3 Å². The van der Waals surface area contributed by atoms with E-state index in [2.05, 4.69) is 19.2 Å². The average Bonchev–Trinajstić information content (AvgIpc) is 2.37. The molecule has 0 aliphatic carbocycles. The van der Waals surface area contributed by atoms with Gasteiger partial charge >= 0.3 is 5.97 Å². The number of hydrogen-bond acceptors (Lipinski definition) is 3. The molecule has 4 nitrogen and oxygen atoms in total. The van der Waals surface area contributed by atoms with E-state index in [-0.39, 0.29) is 23.0 Å². The predicted octanol–water partition coefficient (Wildman–Crippen LogP) is 2.67. The summed E-state index contributed by atoms with van der Waals surface area (Å²) in [5, 5.41) is 11.8. The Bertz CT molecular complexity index is 312. The zero-order chi connectivity index (χ0) is 14.3.